The maximum absolute atomic E-state index is 12.5. The Morgan fingerprint density at radius 1 is 1.58 bits per heavy atom. The number of aryl methyl sites for hydroxylation is 1. The average Bonchev–Trinajstić information content (AvgIpc) is 2.96. The van der Waals surface area contributed by atoms with E-state index in [0.29, 0.717) is 18.5 Å². The first-order valence-electron chi connectivity index (χ1n) is 6.11. The number of likely N-dealkylation sites (tertiary alicyclic amines) is 1. The Hall–Kier alpha value is -1.89. The summed E-state index contributed by atoms with van der Waals surface area (Å²) in [6.45, 7) is 0.619. The lowest BCUT2D eigenvalue weighted by molar-refractivity contribution is -0.130. The van der Waals surface area contributed by atoms with Crippen LogP contribution in [0.5, 0.6) is 0 Å². The zero-order chi connectivity index (χ0) is 14.0. The molecule has 2 rings (SSSR count). The van der Waals surface area contributed by atoms with Gasteiger partial charge in [-0.3, -0.25) is 14.3 Å². The average molecular weight is 266 g/mol. The van der Waals surface area contributed by atoms with Crippen LogP contribution in [-0.2, 0) is 16.6 Å². The summed E-state index contributed by atoms with van der Waals surface area (Å²) in [5.74, 6) is -0.759. The topological polar surface area (TPSA) is 90.4 Å². The van der Waals surface area contributed by atoms with Crippen molar-refractivity contribution in [2.45, 2.75) is 18.4 Å². The Morgan fingerprint density at radius 2 is 2.32 bits per heavy atom. The van der Waals surface area contributed by atoms with E-state index in [4.69, 9.17) is 10.5 Å². The summed E-state index contributed by atoms with van der Waals surface area (Å²) in [7, 11) is 3.23. The zero-order valence-electron chi connectivity index (χ0n) is 11.1. The number of rotatable bonds is 4. The first-order chi connectivity index (χ1) is 9.01. The van der Waals surface area contributed by atoms with Gasteiger partial charge in [-0.1, -0.05) is 0 Å². The smallest absolute Gasteiger partial charge is 0.258 e. The molecule has 7 nitrogen and oxygen atoms in total. The minimum absolute atomic E-state index is 0.119. The molecule has 2 heterocycles. The van der Waals surface area contributed by atoms with E-state index >= 15 is 0 Å². The number of nitrogens with zero attached hydrogens (tertiary/aromatic N) is 3. The Balaban J connectivity index is 2.31. The molecule has 2 amide bonds. The Kier molecular flexibility index (Phi) is 3.57. The van der Waals surface area contributed by atoms with Crippen molar-refractivity contribution in [2.24, 2.45) is 12.8 Å². The molecule has 0 aliphatic carbocycles. The second kappa shape index (κ2) is 5.00. The van der Waals surface area contributed by atoms with Gasteiger partial charge in [0.1, 0.15) is 5.54 Å². The largest absolute Gasteiger partial charge is 0.382 e. The van der Waals surface area contributed by atoms with Crippen LogP contribution in [0.3, 0.4) is 0 Å². The predicted octanol–water partition coefficient (Wildman–Crippen LogP) is -0.473. The van der Waals surface area contributed by atoms with Crippen LogP contribution in [0, 0.1) is 0 Å². The maximum atomic E-state index is 12.5. The maximum Gasteiger partial charge on any atom is 0.258 e. The minimum Gasteiger partial charge on any atom is -0.382 e. The highest BCUT2D eigenvalue weighted by Gasteiger charge is 2.49. The summed E-state index contributed by atoms with van der Waals surface area (Å²) in [5, 5.41) is 3.97. The van der Waals surface area contributed by atoms with Gasteiger partial charge < -0.3 is 15.4 Å². The molecule has 1 fully saturated rings. The molecular weight excluding hydrogens is 248 g/mol. The third kappa shape index (κ3) is 2.21. The molecule has 0 radical (unpaired) electrons. The monoisotopic (exact) mass is 266 g/mol. The fraction of sp³-hybridized carbons (Fsp3) is 0.583. The van der Waals surface area contributed by atoms with Crippen LogP contribution in [0.1, 0.15) is 23.2 Å². The summed E-state index contributed by atoms with van der Waals surface area (Å²) in [6.07, 6.45) is 4.37. The number of hydrogen-bond donors (Lipinski definition) is 1. The number of carbonyl (C=O) groups excluding carboxylic acids is 2. The molecule has 2 N–H and O–H groups in total. The molecule has 19 heavy (non-hydrogen) atoms. The molecule has 1 aliphatic heterocycles. The van der Waals surface area contributed by atoms with Crippen molar-refractivity contribution in [1.82, 2.24) is 14.7 Å². The second-order valence-corrected chi connectivity index (χ2v) is 4.79. The minimum atomic E-state index is -1.04. The molecule has 0 saturated carbocycles. The number of amides is 2. The molecular formula is C12H18N4O3. The number of primary amides is 1. The van der Waals surface area contributed by atoms with E-state index in [1.807, 2.05) is 0 Å². The summed E-state index contributed by atoms with van der Waals surface area (Å²) in [5.41, 5.74) is 4.91. The molecule has 0 aromatic carbocycles. The Morgan fingerprint density at radius 3 is 2.84 bits per heavy atom. The number of aromatic nitrogens is 2. The van der Waals surface area contributed by atoms with Crippen molar-refractivity contribution >= 4 is 11.8 Å². The normalized spacial score (nSPS) is 22.7. The lowest BCUT2D eigenvalue weighted by atomic mass is 9.96. The molecule has 0 spiro atoms. The summed E-state index contributed by atoms with van der Waals surface area (Å²) in [4.78, 5) is 25.8. The van der Waals surface area contributed by atoms with Crippen molar-refractivity contribution in [3.63, 3.8) is 0 Å². The van der Waals surface area contributed by atoms with Gasteiger partial charge in [-0.05, 0) is 12.8 Å². The number of hydrogen-bond acceptors (Lipinski definition) is 4. The van der Waals surface area contributed by atoms with Gasteiger partial charge in [-0.25, -0.2) is 0 Å². The SMILES string of the molecule is COCC1(C(N)=O)CCCN1C(=O)c1cnn(C)c1. The van der Waals surface area contributed by atoms with E-state index in [1.165, 1.54) is 18.2 Å². The van der Waals surface area contributed by atoms with E-state index in [2.05, 4.69) is 5.10 Å². The number of carbonyl (C=O) groups is 2. The Labute approximate surface area is 111 Å². The lowest BCUT2D eigenvalue weighted by Crippen LogP contribution is -2.58. The van der Waals surface area contributed by atoms with Gasteiger partial charge in [-0.15, -0.1) is 0 Å². The first kappa shape index (κ1) is 13.5. The van der Waals surface area contributed by atoms with Gasteiger partial charge in [0.25, 0.3) is 5.91 Å². The summed E-state index contributed by atoms with van der Waals surface area (Å²) < 4.78 is 6.64. The van der Waals surface area contributed by atoms with E-state index in [-0.39, 0.29) is 12.5 Å². The second-order valence-electron chi connectivity index (χ2n) is 4.79. The zero-order valence-corrected chi connectivity index (χ0v) is 11.1. The van der Waals surface area contributed by atoms with Crippen molar-refractivity contribution in [3.8, 4) is 0 Å². The summed E-state index contributed by atoms with van der Waals surface area (Å²) >= 11 is 0. The third-order valence-corrected chi connectivity index (χ3v) is 3.53. The van der Waals surface area contributed by atoms with Crippen LogP contribution in [0.15, 0.2) is 12.4 Å². The highest BCUT2D eigenvalue weighted by Crippen LogP contribution is 2.31. The highest BCUT2D eigenvalue weighted by atomic mass is 16.5. The standard InChI is InChI=1S/C12H18N4O3/c1-15-7-9(6-14-15)10(17)16-5-3-4-12(16,8-19-2)11(13)18/h6-7H,3-5,8H2,1-2H3,(H2,13,18). The van der Waals surface area contributed by atoms with Crippen LogP contribution in [0.25, 0.3) is 0 Å². The van der Waals surface area contributed by atoms with E-state index < -0.39 is 11.4 Å². The fourth-order valence-electron chi connectivity index (χ4n) is 2.58. The summed E-state index contributed by atoms with van der Waals surface area (Å²) in [6, 6.07) is 0. The van der Waals surface area contributed by atoms with Gasteiger partial charge >= 0.3 is 0 Å². The van der Waals surface area contributed by atoms with Crippen molar-refractivity contribution < 1.29 is 14.3 Å². The predicted molar refractivity (Wildman–Crippen MR) is 67.3 cm³/mol. The Bertz CT molecular complexity index is 499. The van der Waals surface area contributed by atoms with Crippen LogP contribution in [0.2, 0.25) is 0 Å². The van der Waals surface area contributed by atoms with E-state index in [0.717, 1.165) is 6.42 Å². The van der Waals surface area contributed by atoms with Crippen molar-refractivity contribution in [3.05, 3.63) is 18.0 Å². The van der Waals surface area contributed by atoms with Gasteiger partial charge in [0.05, 0.1) is 18.4 Å². The fourth-order valence-corrected chi connectivity index (χ4v) is 2.58. The number of nitrogens with two attached hydrogens (primary N) is 1. The molecule has 104 valence electrons. The van der Waals surface area contributed by atoms with Crippen LogP contribution < -0.4 is 5.73 Å². The van der Waals surface area contributed by atoms with Crippen LogP contribution >= 0.6 is 0 Å². The van der Waals surface area contributed by atoms with E-state index in [1.54, 1.807) is 17.9 Å². The highest BCUT2D eigenvalue weighted by molar-refractivity contribution is 5.99. The molecule has 1 aliphatic rings. The van der Waals surface area contributed by atoms with Crippen LogP contribution in [0.4, 0.5) is 0 Å². The van der Waals surface area contributed by atoms with Gasteiger partial charge in [-0.2, -0.15) is 5.10 Å². The van der Waals surface area contributed by atoms with E-state index in [9.17, 15) is 9.59 Å². The first-order valence-corrected chi connectivity index (χ1v) is 6.11. The molecule has 1 saturated heterocycles. The van der Waals surface area contributed by atoms with Gasteiger partial charge in [0.15, 0.2) is 0 Å². The molecule has 1 unspecified atom stereocenters. The number of methoxy groups -OCH3 is 1. The third-order valence-electron chi connectivity index (χ3n) is 3.53. The van der Waals surface area contributed by atoms with Crippen LogP contribution in [-0.4, -0.2) is 52.3 Å². The van der Waals surface area contributed by atoms with Gasteiger partial charge in [0, 0.05) is 26.9 Å². The van der Waals surface area contributed by atoms with Crippen molar-refractivity contribution in [2.75, 3.05) is 20.3 Å². The molecule has 0 bridgehead atoms. The number of ether oxygens (including phenoxy) is 1. The quantitative estimate of drug-likeness (QED) is 0.797. The van der Waals surface area contributed by atoms with Gasteiger partial charge in [0.2, 0.25) is 5.91 Å². The lowest BCUT2D eigenvalue weighted by Gasteiger charge is -2.34. The molecule has 1 atom stereocenters. The van der Waals surface area contributed by atoms with Crippen molar-refractivity contribution in [1.29, 1.82) is 0 Å². The molecule has 1 aromatic rings. The molecule has 1 aromatic heterocycles. The molecule has 7 heteroatoms.